The number of carbonyl (C=O) groups is 1. The predicted molar refractivity (Wildman–Crippen MR) is 103 cm³/mol. The summed E-state index contributed by atoms with van der Waals surface area (Å²) in [6.45, 7) is 4.15. The molecule has 3 rings (SSSR count). The Balaban J connectivity index is 0.00000182. The van der Waals surface area contributed by atoms with Crippen molar-refractivity contribution in [2.75, 3.05) is 32.7 Å². The molecule has 1 aromatic carbocycles. The minimum atomic E-state index is -4.31. The summed E-state index contributed by atoms with van der Waals surface area (Å²) in [6, 6.07) is 5.78. The first-order valence-corrected chi connectivity index (χ1v) is 8.81. The predicted octanol–water partition coefficient (Wildman–Crippen LogP) is 3.34. The molecule has 2 heterocycles. The van der Waals surface area contributed by atoms with Crippen LogP contribution in [0.4, 0.5) is 13.2 Å². The number of nitrogens with zero attached hydrogens (tertiary/aromatic N) is 2. The van der Waals surface area contributed by atoms with Gasteiger partial charge in [-0.05, 0) is 31.0 Å². The van der Waals surface area contributed by atoms with E-state index < -0.39 is 11.7 Å². The zero-order valence-electron chi connectivity index (χ0n) is 15.0. The summed E-state index contributed by atoms with van der Waals surface area (Å²) in [6.07, 6.45) is -1.58. The molecule has 9 heteroatoms. The van der Waals surface area contributed by atoms with E-state index in [2.05, 4.69) is 10.2 Å². The van der Waals surface area contributed by atoms with Crippen molar-refractivity contribution < 1.29 is 18.0 Å². The first-order chi connectivity index (χ1) is 11.9. The number of halogens is 5. The molecule has 0 spiro atoms. The van der Waals surface area contributed by atoms with Crippen LogP contribution in [0.25, 0.3) is 0 Å². The molecule has 0 aromatic heterocycles. The van der Waals surface area contributed by atoms with Gasteiger partial charge in [-0.1, -0.05) is 18.2 Å². The number of rotatable bonds is 4. The zero-order chi connectivity index (χ0) is 17.9. The van der Waals surface area contributed by atoms with E-state index in [-0.39, 0.29) is 30.7 Å². The van der Waals surface area contributed by atoms with Crippen LogP contribution < -0.4 is 5.32 Å². The molecule has 1 atom stereocenters. The maximum Gasteiger partial charge on any atom is 0.416 e. The van der Waals surface area contributed by atoms with E-state index in [9.17, 15) is 18.0 Å². The summed E-state index contributed by atoms with van der Waals surface area (Å²) < 4.78 is 38.4. The summed E-state index contributed by atoms with van der Waals surface area (Å²) in [5.41, 5.74) is 0.0487. The highest BCUT2D eigenvalue weighted by Crippen LogP contribution is 2.29. The topological polar surface area (TPSA) is 35.6 Å². The van der Waals surface area contributed by atoms with E-state index >= 15 is 0 Å². The number of hydrogen-bond acceptors (Lipinski definition) is 3. The van der Waals surface area contributed by atoms with Crippen LogP contribution in [0.1, 0.15) is 30.4 Å². The Morgan fingerprint density at radius 3 is 2.44 bits per heavy atom. The first-order valence-electron chi connectivity index (χ1n) is 8.81. The van der Waals surface area contributed by atoms with Crippen molar-refractivity contribution in [2.45, 2.75) is 38.0 Å². The number of piperazine rings is 1. The first kappa shape index (κ1) is 24.0. The standard InChI is InChI=1S/C18H24F3N3O.2ClH/c19-18(20,21)15-4-1-3-14(11-15)13-23-7-9-24(10-8-23)17(25)12-16-5-2-6-22-16;;/h1,3-4,11,16,22H,2,5-10,12-13H2;2*1H. The van der Waals surface area contributed by atoms with Crippen LogP contribution in [0.5, 0.6) is 0 Å². The SMILES string of the molecule is Cl.Cl.O=C(CC1CCCN1)N1CCN(Cc2cccc(C(F)(F)F)c2)CC1. The molecule has 0 radical (unpaired) electrons. The maximum absolute atomic E-state index is 12.8. The smallest absolute Gasteiger partial charge is 0.340 e. The van der Waals surface area contributed by atoms with Crippen LogP contribution in [0, 0.1) is 0 Å². The van der Waals surface area contributed by atoms with Crippen LogP contribution in [0.2, 0.25) is 0 Å². The lowest BCUT2D eigenvalue weighted by Crippen LogP contribution is -2.49. The summed E-state index contributed by atoms with van der Waals surface area (Å²) >= 11 is 0. The Hall–Kier alpha value is -1.02. The van der Waals surface area contributed by atoms with E-state index in [1.54, 1.807) is 6.07 Å². The molecule has 4 nitrogen and oxygen atoms in total. The van der Waals surface area contributed by atoms with Crippen molar-refractivity contribution in [3.63, 3.8) is 0 Å². The molecule has 154 valence electrons. The van der Waals surface area contributed by atoms with E-state index in [4.69, 9.17) is 0 Å². The number of nitrogens with one attached hydrogen (secondary N) is 1. The second kappa shape index (κ2) is 10.5. The van der Waals surface area contributed by atoms with Crippen molar-refractivity contribution in [1.29, 1.82) is 0 Å². The lowest BCUT2D eigenvalue weighted by atomic mass is 10.1. The van der Waals surface area contributed by atoms with Gasteiger partial charge in [0, 0.05) is 45.2 Å². The van der Waals surface area contributed by atoms with Gasteiger partial charge in [0.1, 0.15) is 0 Å². The normalized spacial score (nSPS) is 20.7. The van der Waals surface area contributed by atoms with Gasteiger partial charge in [0.2, 0.25) is 5.91 Å². The lowest BCUT2D eigenvalue weighted by molar-refractivity contribution is -0.137. The molecule has 0 aliphatic carbocycles. The molecule has 2 fully saturated rings. The Bertz CT molecular complexity index is 602. The van der Waals surface area contributed by atoms with Gasteiger partial charge in [0.15, 0.2) is 0 Å². The van der Waals surface area contributed by atoms with Crippen molar-refractivity contribution >= 4 is 30.7 Å². The lowest BCUT2D eigenvalue weighted by Gasteiger charge is -2.35. The Kier molecular flexibility index (Phi) is 9.34. The van der Waals surface area contributed by atoms with Gasteiger partial charge in [0.05, 0.1) is 5.56 Å². The molecular weight excluding hydrogens is 402 g/mol. The van der Waals surface area contributed by atoms with Crippen LogP contribution in [-0.2, 0) is 17.5 Å². The van der Waals surface area contributed by atoms with Gasteiger partial charge in [0.25, 0.3) is 0 Å². The number of benzene rings is 1. The average Bonchev–Trinajstić information content (AvgIpc) is 3.08. The van der Waals surface area contributed by atoms with Crippen molar-refractivity contribution in [2.24, 2.45) is 0 Å². The van der Waals surface area contributed by atoms with Gasteiger partial charge in [-0.25, -0.2) is 0 Å². The van der Waals surface area contributed by atoms with Gasteiger partial charge >= 0.3 is 6.18 Å². The highest BCUT2D eigenvalue weighted by atomic mass is 35.5. The van der Waals surface area contributed by atoms with Gasteiger partial charge in [-0.15, -0.1) is 24.8 Å². The molecule has 0 bridgehead atoms. The molecule has 2 aliphatic heterocycles. The third-order valence-corrected chi connectivity index (χ3v) is 4.97. The Morgan fingerprint density at radius 2 is 1.85 bits per heavy atom. The third kappa shape index (κ3) is 6.82. The fraction of sp³-hybridized carbons (Fsp3) is 0.611. The molecule has 1 N–H and O–H groups in total. The van der Waals surface area contributed by atoms with Crippen LogP contribution in [0.15, 0.2) is 24.3 Å². The summed E-state index contributed by atoms with van der Waals surface area (Å²) in [7, 11) is 0. The van der Waals surface area contributed by atoms with E-state index in [1.807, 2.05) is 4.90 Å². The van der Waals surface area contributed by atoms with Crippen molar-refractivity contribution in [3.05, 3.63) is 35.4 Å². The minimum Gasteiger partial charge on any atom is -0.340 e. The summed E-state index contributed by atoms with van der Waals surface area (Å²) in [5.74, 6) is 0.179. The fourth-order valence-electron chi connectivity index (χ4n) is 3.53. The zero-order valence-corrected chi connectivity index (χ0v) is 16.6. The Morgan fingerprint density at radius 1 is 1.15 bits per heavy atom. The monoisotopic (exact) mass is 427 g/mol. The van der Waals surface area contributed by atoms with Gasteiger partial charge < -0.3 is 10.2 Å². The van der Waals surface area contributed by atoms with E-state index in [0.717, 1.165) is 25.5 Å². The second-order valence-corrected chi connectivity index (χ2v) is 6.85. The largest absolute Gasteiger partial charge is 0.416 e. The molecule has 0 saturated carbocycles. The molecule has 27 heavy (non-hydrogen) atoms. The van der Waals surface area contributed by atoms with E-state index in [0.29, 0.717) is 50.7 Å². The minimum absolute atomic E-state index is 0. The highest BCUT2D eigenvalue weighted by molar-refractivity contribution is 5.85. The summed E-state index contributed by atoms with van der Waals surface area (Å²) in [5, 5.41) is 3.34. The molecule has 1 amide bonds. The van der Waals surface area contributed by atoms with Gasteiger partial charge in [-0.3, -0.25) is 9.69 Å². The van der Waals surface area contributed by atoms with Crippen LogP contribution in [-0.4, -0.2) is 54.5 Å². The Labute approximate surface area is 170 Å². The van der Waals surface area contributed by atoms with E-state index in [1.165, 1.54) is 12.1 Å². The number of hydrogen-bond donors (Lipinski definition) is 1. The quantitative estimate of drug-likeness (QED) is 0.800. The maximum atomic E-state index is 12.8. The number of amides is 1. The van der Waals surface area contributed by atoms with Gasteiger partial charge in [-0.2, -0.15) is 13.2 Å². The number of alkyl halides is 3. The second-order valence-electron chi connectivity index (χ2n) is 6.85. The molecule has 2 saturated heterocycles. The highest BCUT2D eigenvalue weighted by Gasteiger charge is 2.30. The molecular formula is C18H26Cl2F3N3O. The van der Waals surface area contributed by atoms with Crippen molar-refractivity contribution in [1.82, 2.24) is 15.1 Å². The van der Waals surface area contributed by atoms with Crippen LogP contribution in [0.3, 0.4) is 0 Å². The third-order valence-electron chi connectivity index (χ3n) is 4.97. The molecule has 2 aliphatic rings. The average molecular weight is 428 g/mol. The van der Waals surface area contributed by atoms with Crippen LogP contribution >= 0.6 is 24.8 Å². The number of carbonyl (C=O) groups excluding carboxylic acids is 1. The van der Waals surface area contributed by atoms with Crippen molar-refractivity contribution in [3.8, 4) is 0 Å². The molecule has 1 aromatic rings. The molecule has 1 unspecified atom stereocenters. The summed E-state index contributed by atoms with van der Waals surface area (Å²) in [4.78, 5) is 16.3. The fourth-order valence-corrected chi connectivity index (χ4v) is 3.53.